The Morgan fingerprint density at radius 2 is 1.81 bits per heavy atom. The highest BCUT2D eigenvalue weighted by atomic mass is 16.4. The monoisotopic (exact) mass is 279 g/mol. The van der Waals surface area contributed by atoms with E-state index in [0.717, 1.165) is 5.56 Å². The van der Waals surface area contributed by atoms with Gasteiger partial charge in [-0.25, -0.2) is 0 Å². The summed E-state index contributed by atoms with van der Waals surface area (Å²) in [5, 5.41) is 11.6. The minimum absolute atomic E-state index is 0.0250. The smallest absolute Gasteiger partial charge is 0.202 e. The number of carbonyl (C=O) groups excluding carboxylic acids is 1. The van der Waals surface area contributed by atoms with E-state index in [1.54, 1.807) is 48.5 Å². The van der Waals surface area contributed by atoms with Crippen molar-refractivity contribution in [3.63, 3.8) is 0 Å². The number of hydrogen-bond donors (Lipinski definition) is 0. The zero-order valence-corrected chi connectivity index (χ0v) is 11.3. The molecule has 1 aromatic heterocycles. The minimum atomic E-state index is -1.54. The van der Waals surface area contributed by atoms with Crippen LogP contribution in [0.3, 0.4) is 0 Å². The average Bonchev–Trinajstić information content (AvgIpc) is 2.48. The SMILES string of the molecule is Cc1ccc2oc(-c3ccccc3)c(C(=O)[O-])c(=O)c2c1. The summed E-state index contributed by atoms with van der Waals surface area (Å²) in [4.78, 5) is 23.8. The Morgan fingerprint density at radius 1 is 1.10 bits per heavy atom. The molecule has 4 nitrogen and oxygen atoms in total. The molecule has 2 aromatic carbocycles. The molecule has 0 bridgehead atoms. The van der Waals surface area contributed by atoms with Crippen LogP contribution in [0.4, 0.5) is 0 Å². The first-order chi connectivity index (χ1) is 10.1. The second kappa shape index (κ2) is 4.90. The van der Waals surface area contributed by atoms with Crippen LogP contribution in [0.2, 0.25) is 0 Å². The number of rotatable bonds is 2. The fourth-order valence-corrected chi connectivity index (χ4v) is 2.29. The second-order valence-corrected chi connectivity index (χ2v) is 4.79. The van der Waals surface area contributed by atoms with Crippen LogP contribution in [0.15, 0.2) is 57.7 Å². The first-order valence-electron chi connectivity index (χ1n) is 6.42. The van der Waals surface area contributed by atoms with Gasteiger partial charge in [-0.3, -0.25) is 4.79 Å². The van der Waals surface area contributed by atoms with Gasteiger partial charge in [0.15, 0.2) is 0 Å². The molecule has 0 fully saturated rings. The fraction of sp³-hybridized carbons (Fsp3) is 0.0588. The summed E-state index contributed by atoms with van der Waals surface area (Å²) in [7, 11) is 0. The van der Waals surface area contributed by atoms with E-state index < -0.39 is 17.0 Å². The molecule has 0 unspecified atom stereocenters. The number of aromatic carboxylic acids is 1. The predicted octanol–water partition coefficient (Wildman–Crippen LogP) is 2.13. The van der Waals surface area contributed by atoms with Crippen molar-refractivity contribution in [2.24, 2.45) is 0 Å². The highest BCUT2D eigenvalue weighted by molar-refractivity contribution is 5.96. The van der Waals surface area contributed by atoms with E-state index in [0.29, 0.717) is 11.1 Å². The lowest BCUT2D eigenvalue weighted by Gasteiger charge is -2.11. The molecule has 3 aromatic rings. The highest BCUT2D eigenvalue weighted by Gasteiger charge is 2.16. The molecule has 0 spiro atoms. The molecular weight excluding hydrogens is 268 g/mol. The largest absolute Gasteiger partial charge is 0.545 e. The second-order valence-electron chi connectivity index (χ2n) is 4.79. The standard InChI is InChI=1S/C17H12O4/c1-10-7-8-13-12(9-10)15(18)14(17(19)20)16(21-13)11-5-3-2-4-6-11/h2-9H,1H3,(H,19,20)/p-1. The Kier molecular flexibility index (Phi) is 3.06. The van der Waals surface area contributed by atoms with Gasteiger partial charge in [-0.15, -0.1) is 0 Å². The molecule has 0 saturated heterocycles. The molecule has 0 amide bonds. The van der Waals surface area contributed by atoms with Crippen LogP contribution < -0.4 is 10.5 Å². The van der Waals surface area contributed by atoms with E-state index in [4.69, 9.17) is 4.42 Å². The summed E-state index contributed by atoms with van der Waals surface area (Å²) in [5.74, 6) is -1.51. The molecule has 3 rings (SSSR count). The molecule has 0 aliphatic heterocycles. The van der Waals surface area contributed by atoms with E-state index >= 15 is 0 Å². The molecule has 0 aliphatic carbocycles. The quantitative estimate of drug-likeness (QED) is 0.720. The summed E-state index contributed by atoms with van der Waals surface area (Å²) in [6, 6.07) is 13.7. The van der Waals surface area contributed by atoms with Crippen molar-refractivity contribution < 1.29 is 14.3 Å². The number of fused-ring (bicyclic) bond motifs is 1. The summed E-state index contributed by atoms with van der Waals surface area (Å²) in [5.41, 5.74) is 0.704. The van der Waals surface area contributed by atoms with Gasteiger partial charge in [-0.1, -0.05) is 42.0 Å². The third-order valence-corrected chi connectivity index (χ3v) is 3.29. The number of carboxylic acid groups (broad SMARTS) is 1. The summed E-state index contributed by atoms with van der Waals surface area (Å²) in [6.45, 7) is 1.82. The van der Waals surface area contributed by atoms with E-state index in [9.17, 15) is 14.7 Å². The van der Waals surface area contributed by atoms with Gasteiger partial charge in [0.2, 0.25) is 5.43 Å². The normalized spacial score (nSPS) is 10.7. The maximum Gasteiger partial charge on any atom is 0.202 e. The zero-order chi connectivity index (χ0) is 15.0. The Balaban J connectivity index is 2.45. The van der Waals surface area contributed by atoms with E-state index in [1.165, 1.54) is 0 Å². The summed E-state index contributed by atoms with van der Waals surface area (Å²) < 4.78 is 5.66. The predicted molar refractivity (Wildman–Crippen MR) is 77.0 cm³/mol. The van der Waals surface area contributed by atoms with Crippen molar-refractivity contribution in [2.75, 3.05) is 0 Å². The maximum absolute atomic E-state index is 12.4. The Morgan fingerprint density at radius 3 is 2.48 bits per heavy atom. The van der Waals surface area contributed by atoms with Gasteiger partial charge in [-0.05, 0) is 19.1 Å². The van der Waals surface area contributed by atoms with Crippen molar-refractivity contribution in [1.29, 1.82) is 0 Å². The van der Waals surface area contributed by atoms with Crippen LogP contribution in [0, 0.1) is 6.92 Å². The molecule has 21 heavy (non-hydrogen) atoms. The van der Waals surface area contributed by atoms with Crippen LogP contribution in [-0.2, 0) is 0 Å². The third-order valence-electron chi connectivity index (χ3n) is 3.29. The number of aryl methyl sites for hydroxylation is 1. The van der Waals surface area contributed by atoms with Crippen molar-refractivity contribution in [2.45, 2.75) is 6.92 Å². The maximum atomic E-state index is 12.4. The molecule has 104 valence electrons. The number of carboxylic acids is 1. The van der Waals surface area contributed by atoms with Crippen LogP contribution in [-0.4, -0.2) is 5.97 Å². The van der Waals surface area contributed by atoms with Gasteiger partial charge >= 0.3 is 0 Å². The minimum Gasteiger partial charge on any atom is -0.545 e. The molecular formula is C17H11O4-. The average molecular weight is 279 g/mol. The van der Waals surface area contributed by atoms with Gasteiger partial charge in [0.1, 0.15) is 11.3 Å². The molecule has 0 atom stereocenters. The molecule has 0 aliphatic rings. The lowest BCUT2D eigenvalue weighted by molar-refractivity contribution is -0.255. The van der Waals surface area contributed by atoms with Crippen molar-refractivity contribution in [1.82, 2.24) is 0 Å². The van der Waals surface area contributed by atoms with E-state index in [-0.39, 0.29) is 11.1 Å². The lowest BCUT2D eigenvalue weighted by Crippen LogP contribution is -2.29. The highest BCUT2D eigenvalue weighted by Crippen LogP contribution is 2.25. The first-order valence-corrected chi connectivity index (χ1v) is 6.42. The number of carbonyl (C=O) groups is 1. The topological polar surface area (TPSA) is 70.3 Å². The number of benzene rings is 2. The molecule has 0 radical (unpaired) electrons. The van der Waals surface area contributed by atoms with Crippen LogP contribution in [0.25, 0.3) is 22.3 Å². The third kappa shape index (κ3) is 2.21. The Labute approximate surface area is 120 Å². The summed E-state index contributed by atoms with van der Waals surface area (Å²) >= 11 is 0. The van der Waals surface area contributed by atoms with Crippen molar-refractivity contribution in [3.05, 3.63) is 69.9 Å². The molecule has 1 heterocycles. The Bertz CT molecular complexity index is 892. The lowest BCUT2D eigenvalue weighted by atomic mass is 10.0. The van der Waals surface area contributed by atoms with Gasteiger partial charge < -0.3 is 14.3 Å². The molecule has 4 heteroatoms. The van der Waals surface area contributed by atoms with Gasteiger partial charge in [0.05, 0.1) is 16.9 Å². The van der Waals surface area contributed by atoms with Gasteiger partial charge in [0, 0.05) is 5.56 Å². The van der Waals surface area contributed by atoms with Gasteiger partial charge in [0.25, 0.3) is 0 Å². The van der Waals surface area contributed by atoms with Crippen LogP contribution in [0.5, 0.6) is 0 Å². The van der Waals surface area contributed by atoms with Crippen LogP contribution >= 0.6 is 0 Å². The van der Waals surface area contributed by atoms with Crippen molar-refractivity contribution >= 4 is 16.9 Å². The molecule has 0 saturated carbocycles. The Hall–Kier alpha value is -2.88. The summed E-state index contributed by atoms with van der Waals surface area (Å²) in [6.07, 6.45) is 0. The fourth-order valence-electron chi connectivity index (χ4n) is 2.29. The van der Waals surface area contributed by atoms with E-state index in [1.807, 2.05) is 6.92 Å². The van der Waals surface area contributed by atoms with Crippen LogP contribution in [0.1, 0.15) is 15.9 Å². The first kappa shape index (κ1) is 13.1. The van der Waals surface area contributed by atoms with E-state index in [2.05, 4.69) is 0 Å². The number of hydrogen-bond acceptors (Lipinski definition) is 4. The molecule has 0 N–H and O–H groups in total. The van der Waals surface area contributed by atoms with Crippen molar-refractivity contribution in [3.8, 4) is 11.3 Å². The zero-order valence-electron chi connectivity index (χ0n) is 11.3. The van der Waals surface area contributed by atoms with Gasteiger partial charge in [-0.2, -0.15) is 0 Å².